The molecule has 0 heterocycles. The third-order valence-electron chi connectivity index (χ3n) is 2.57. The van der Waals surface area contributed by atoms with E-state index in [2.05, 4.69) is 0 Å². The fourth-order valence-corrected chi connectivity index (χ4v) is 1.76. The summed E-state index contributed by atoms with van der Waals surface area (Å²) in [6.45, 7) is 2.32. The van der Waals surface area contributed by atoms with Gasteiger partial charge in [-0.25, -0.2) is 4.39 Å². The van der Waals surface area contributed by atoms with Gasteiger partial charge in [0.1, 0.15) is 12.4 Å². The van der Waals surface area contributed by atoms with Gasteiger partial charge in [0.25, 0.3) is 0 Å². The second kappa shape index (κ2) is 5.56. The maximum absolute atomic E-state index is 13.1. The number of nitrogens with two attached hydrogens (primary N) is 1. The molecule has 1 atom stereocenters. The lowest BCUT2D eigenvalue weighted by Gasteiger charge is -2.27. The van der Waals surface area contributed by atoms with E-state index in [1.165, 1.54) is 12.1 Å². The minimum Gasteiger partial charge on any atom is -0.363 e. The Hall–Kier alpha value is -1.30. The van der Waals surface area contributed by atoms with Crippen molar-refractivity contribution in [2.75, 3.05) is 18.0 Å². The van der Waals surface area contributed by atoms with Crippen LogP contribution in [0.25, 0.3) is 0 Å². The molecule has 0 bridgehead atoms. The van der Waals surface area contributed by atoms with Gasteiger partial charge in [0.15, 0.2) is 0 Å². The third kappa shape index (κ3) is 3.87. The SMILES string of the molecule is CCN(CC(F)(F)F)c1ccc(F)cc1[C@@H](C)N. The summed E-state index contributed by atoms with van der Waals surface area (Å²) in [5.41, 5.74) is 6.37. The van der Waals surface area contributed by atoms with Crippen LogP contribution in [-0.4, -0.2) is 19.3 Å². The highest BCUT2D eigenvalue weighted by molar-refractivity contribution is 5.55. The highest BCUT2D eigenvalue weighted by Gasteiger charge is 2.31. The Morgan fingerprint density at radius 1 is 1.33 bits per heavy atom. The van der Waals surface area contributed by atoms with Crippen molar-refractivity contribution in [2.24, 2.45) is 5.73 Å². The van der Waals surface area contributed by atoms with E-state index in [1.54, 1.807) is 13.8 Å². The molecule has 0 fully saturated rings. The zero-order valence-electron chi connectivity index (χ0n) is 10.3. The summed E-state index contributed by atoms with van der Waals surface area (Å²) in [4.78, 5) is 1.14. The van der Waals surface area contributed by atoms with Crippen LogP contribution in [0, 0.1) is 5.82 Å². The average molecular weight is 264 g/mol. The molecule has 1 rings (SSSR count). The number of hydrogen-bond donors (Lipinski definition) is 1. The van der Waals surface area contributed by atoms with Gasteiger partial charge in [-0.3, -0.25) is 0 Å². The van der Waals surface area contributed by atoms with Crippen LogP contribution >= 0.6 is 0 Å². The summed E-state index contributed by atoms with van der Waals surface area (Å²) in [5, 5.41) is 0. The van der Waals surface area contributed by atoms with Gasteiger partial charge in [0.05, 0.1) is 0 Å². The van der Waals surface area contributed by atoms with Gasteiger partial charge in [0.2, 0.25) is 0 Å². The van der Waals surface area contributed by atoms with Crippen molar-refractivity contribution in [2.45, 2.75) is 26.1 Å². The van der Waals surface area contributed by atoms with E-state index in [1.807, 2.05) is 0 Å². The standard InChI is InChI=1S/C12H16F4N2/c1-3-18(7-12(14,15)16)11-5-4-9(13)6-10(11)8(2)17/h4-6,8H,3,7,17H2,1-2H3/t8-/m1/s1. The van der Waals surface area contributed by atoms with Crippen molar-refractivity contribution < 1.29 is 17.6 Å². The molecule has 0 saturated carbocycles. The smallest absolute Gasteiger partial charge is 0.363 e. The highest BCUT2D eigenvalue weighted by Crippen LogP contribution is 2.28. The fourth-order valence-electron chi connectivity index (χ4n) is 1.76. The van der Waals surface area contributed by atoms with Crippen molar-refractivity contribution in [3.63, 3.8) is 0 Å². The van der Waals surface area contributed by atoms with E-state index in [-0.39, 0.29) is 6.54 Å². The van der Waals surface area contributed by atoms with E-state index >= 15 is 0 Å². The maximum atomic E-state index is 13.1. The number of benzene rings is 1. The van der Waals surface area contributed by atoms with E-state index < -0.39 is 24.6 Å². The quantitative estimate of drug-likeness (QED) is 0.846. The van der Waals surface area contributed by atoms with Crippen molar-refractivity contribution in [3.8, 4) is 0 Å². The zero-order chi connectivity index (χ0) is 13.9. The molecule has 0 spiro atoms. The Balaban J connectivity index is 3.12. The fraction of sp³-hybridized carbons (Fsp3) is 0.500. The van der Waals surface area contributed by atoms with E-state index in [4.69, 9.17) is 5.73 Å². The minimum atomic E-state index is -4.31. The first-order valence-corrected chi connectivity index (χ1v) is 5.61. The van der Waals surface area contributed by atoms with Crippen LogP contribution in [0.5, 0.6) is 0 Å². The molecule has 0 aromatic heterocycles. The molecule has 0 radical (unpaired) electrons. The first-order valence-electron chi connectivity index (χ1n) is 5.61. The second-order valence-electron chi connectivity index (χ2n) is 4.12. The van der Waals surface area contributed by atoms with Crippen molar-refractivity contribution in [1.29, 1.82) is 0 Å². The summed E-state index contributed by atoms with van der Waals surface area (Å²) in [6, 6.07) is 3.13. The molecule has 0 aliphatic heterocycles. The Morgan fingerprint density at radius 3 is 2.39 bits per heavy atom. The van der Waals surface area contributed by atoms with Gasteiger partial charge in [-0.2, -0.15) is 13.2 Å². The van der Waals surface area contributed by atoms with Crippen molar-refractivity contribution in [1.82, 2.24) is 0 Å². The summed E-state index contributed by atoms with van der Waals surface area (Å²) >= 11 is 0. The van der Waals surface area contributed by atoms with Crippen LogP contribution in [-0.2, 0) is 0 Å². The average Bonchev–Trinajstić information content (AvgIpc) is 2.24. The number of alkyl halides is 3. The van der Waals surface area contributed by atoms with Gasteiger partial charge in [0, 0.05) is 18.3 Å². The third-order valence-corrected chi connectivity index (χ3v) is 2.57. The predicted octanol–water partition coefficient (Wildman–Crippen LogP) is 3.23. The van der Waals surface area contributed by atoms with E-state index in [0.717, 1.165) is 11.0 Å². The number of rotatable bonds is 4. The Labute approximate surface area is 103 Å². The summed E-state index contributed by atoms with van der Waals surface area (Å²) in [5.74, 6) is -0.505. The van der Waals surface area contributed by atoms with Gasteiger partial charge in [-0.15, -0.1) is 0 Å². The van der Waals surface area contributed by atoms with Gasteiger partial charge in [-0.1, -0.05) is 0 Å². The molecule has 1 aromatic carbocycles. The Bertz CT molecular complexity index is 402. The summed E-state index contributed by atoms with van der Waals surface area (Å²) in [7, 11) is 0. The molecule has 0 aliphatic rings. The number of nitrogens with zero attached hydrogens (tertiary/aromatic N) is 1. The zero-order valence-corrected chi connectivity index (χ0v) is 10.3. The molecule has 0 amide bonds. The molecule has 0 unspecified atom stereocenters. The van der Waals surface area contributed by atoms with Crippen molar-refractivity contribution in [3.05, 3.63) is 29.6 Å². The lowest BCUT2D eigenvalue weighted by Crippen LogP contribution is -2.35. The van der Waals surface area contributed by atoms with Gasteiger partial charge < -0.3 is 10.6 Å². The van der Waals surface area contributed by atoms with Gasteiger partial charge in [-0.05, 0) is 37.6 Å². The molecule has 6 heteroatoms. The minimum absolute atomic E-state index is 0.171. The second-order valence-corrected chi connectivity index (χ2v) is 4.12. The normalized spacial score (nSPS) is 13.5. The van der Waals surface area contributed by atoms with E-state index in [9.17, 15) is 17.6 Å². The predicted molar refractivity (Wildman–Crippen MR) is 62.9 cm³/mol. The summed E-state index contributed by atoms with van der Waals surface area (Å²) < 4.78 is 50.4. The van der Waals surface area contributed by atoms with Crippen molar-refractivity contribution >= 4 is 5.69 Å². The maximum Gasteiger partial charge on any atom is 0.405 e. The van der Waals surface area contributed by atoms with Crippen LogP contribution in [0.2, 0.25) is 0 Å². The Morgan fingerprint density at radius 2 is 1.94 bits per heavy atom. The van der Waals surface area contributed by atoms with Crippen LogP contribution in [0.4, 0.5) is 23.2 Å². The van der Waals surface area contributed by atoms with Crippen LogP contribution < -0.4 is 10.6 Å². The van der Waals surface area contributed by atoms with Gasteiger partial charge >= 0.3 is 6.18 Å². The highest BCUT2D eigenvalue weighted by atomic mass is 19.4. The Kier molecular flexibility index (Phi) is 4.56. The lowest BCUT2D eigenvalue weighted by molar-refractivity contribution is -0.119. The van der Waals surface area contributed by atoms with Crippen LogP contribution in [0.15, 0.2) is 18.2 Å². The molecule has 2 N–H and O–H groups in total. The summed E-state index contributed by atoms with van der Waals surface area (Å²) in [6.07, 6.45) is -4.31. The monoisotopic (exact) mass is 264 g/mol. The molecule has 102 valence electrons. The lowest BCUT2D eigenvalue weighted by atomic mass is 10.1. The topological polar surface area (TPSA) is 29.3 Å². The molecule has 18 heavy (non-hydrogen) atoms. The molecule has 1 aromatic rings. The van der Waals surface area contributed by atoms with Crippen LogP contribution in [0.1, 0.15) is 25.5 Å². The molecule has 0 saturated heterocycles. The molecule has 0 aliphatic carbocycles. The largest absolute Gasteiger partial charge is 0.405 e. The molecular weight excluding hydrogens is 248 g/mol. The van der Waals surface area contributed by atoms with Crippen LogP contribution in [0.3, 0.4) is 0 Å². The number of halogens is 4. The first kappa shape index (κ1) is 14.8. The molecular formula is C12H16F4N2. The van der Waals surface area contributed by atoms with E-state index in [0.29, 0.717) is 11.3 Å². The molecule has 2 nitrogen and oxygen atoms in total. The number of anilines is 1. The first-order chi connectivity index (χ1) is 8.24. The number of hydrogen-bond acceptors (Lipinski definition) is 2.